The van der Waals surface area contributed by atoms with E-state index in [0.29, 0.717) is 6.54 Å². The van der Waals surface area contributed by atoms with Gasteiger partial charge in [0.05, 0.1) is 26.9 Å². The summed E-state index contributed by atoms with van der Waals surface area (Å²) in [5, 5.41) is 13.4. The van der Waals surface area contributed by atoms with Gasteiger partial charge in [0.15, 0.2) is 0 Å². The summed E-state index contributed by atoms with van der Waals surface area (Å²) in [5.74, 6) is 2.04. The number of para-hydroxylation sites is 1. The van der Waals surface area contributed by atoms with E-state index >= 15 is 0 Å². The second kappa shape index (κ2) is 10.1. The van der Waals surface area contributed by atoms with Gasteiger partial charge in [-0.25, -0.2) is 4.98 Å². The van der Waals surface area contributed by atoms with Crippen LogP contribution in [0.5, 0.6) is 0 Å². The molecule has 1 aromatic heterocycles. The summed E-state index contributed by atoms with van der Waals surface area (Å²) in [6, 6.07) is 18.2. The number of rotatable bonds is 7. The third-order valence-corrected chi connectivity index (χ3v) is 7.85. The van der Waals surface area contributed by atoms with E-state index in [0.717, 1.165) is 52.4 Å². The maximum Gasteiger partial charge on any atom is 0.223 e. The SMILES string of the molecule is N#Cc1ccccc1CSCCNC(=O)[C@H]1CCCC[C@@H]1c1nc2ccccc2s1. The average Bonchev–Trinajstić information content (AvgIpc) is 3.23. The number of amides is 1. The zero-order valence-corrected chi connectivity index (χ0v) is 18.5. The van der Waals surface area contributed by atoms with Crippen molar-refractivity contribution in [1.29, 1.82) is 5.26 Å². The van der Waals surface area contributed by atoms with E-state index in [1.54, 1.807) is 23.1 Å². The standard InChI is InChI=1S/C24H25N3OS2/c25-15-17-7-1-2-8-18(17)16-29-14-13-26-23(28)19-9-3-4-10-20(19)24-27-21-11-5-6-12-22(21)30-24/h1-2,5-8,11-12,19-20H,3-4,9-10,13-14,16H2,(H,26,28)/t19-,20-/m0/s1. The van der Waals surface area contributed by atoms with Crippen molar-refractivity contribution in [3.05, 3.63) is 64.7 Å². The minimum absolute atomic E-state index is 0.0172. The Bertz CT molecular complexity index is 1020. The lowest BCUT2D eigenvalue weighted by atomic mass is 9.79. The number of nitriles is 1. The number of aromatic nitrogens is 1. The molecule has 3 aromatic rings. The first-order valence-corrected chi connectivity index (χ1v) is 12.4. The van der Waals surface area contributed by atoms with Gasteiger partial charge in [-0.05, 0) is 36.6 Å². The Kier molecular flexibility index (Phi) is 7.03. The van der Waals surface area contributed by atoms with Crippen LogP contribution in [-0.2, 0) is 10.5 Å². The summed E-state index contributed by atoms with van der Waals surface area (Å²) >= 11 is 3.48. The molecule has 0 saturated heterocycles. The van der Waals surface area contributed by atoms with Gasteiger partial charge in [-0.3, -0.25) is 4.79 Å². The summed E-state index contributed by atoms with van der Waals surface area (Å²) in [6.07, 6.45) is 4.25. The van der Waals surface area contributed by atoms with E-state index in [2.05, 4.69) is 23.5 Å². The molecule has 1 N–H and O–H groups in total. The number of hydrogen-bond donors (Lipinski definition) is 1. The number of thiazole rings is 1. The molecule has 1 saturated carbocycles. The van der Waals surface area contributed by atoms with Gasteiger partial charge in [0.2, 0.25) is 5.91 Å². The van der Waals surface area contributed by atoms with E-state index in [-0.39, 0.29) is 17.7 Å². The molecule has 1 amide bonds. The predicted molar refractivity (Wildman–Crippen MR) is 125 cm³/mol. The van der Waals surface area contributed by atoms with E-state index in [4.69, 9.17) is 4.98 Å². The van der Waals surface area contributed by atoms with Gasteiger partial charge in [-0.15, -0.1) is 11.3 Å². The highest BCUT2D eigenvalue weighted by atomic mass is 32.2. The smallest absolute Gasteiger partial charge is 0.223 e. The Morgan fingerprint density at radius 3 is 2.83 bits per heavy atom. The van der Waals surface area contributed by atoms with Crippen LogP contribution >= 0.6 is 23.1 Å². The molecule has 0 radical (unpaired) electrons. The monoisotopic (exact) mass is 435 g/mol. The molecule has 0 spiro atoms. The summed E-state index contributed by atoms with van der Waals surface area (Å²) in [4.78, 5) is 17.8. The van der Waals surface area contributed by atoms with Gasteiger partial charge in [0, 0.05) is 29.9 Å². The van der Waals surface area contributed by atoms with Crippen molar-refractivity contribution in [2.45, 2.75) is 37.4 Å². The molecule has 2 atom stereocenters. The molecule has 30 heavy (non-hydrogen) atoms. The van der Waals surface area contributed by atoms with Crippen LogP contribution in [0.4, 0.5) is 0 Å². The molecule has 4 nitrogen and oxygen atoms in total. The topological polar surface area (TPSA) is 65.8 Å². The minimum atomic E-state index is 0.0172. The van der Waals surface area contributed by atoms with Crippen LogP contribution in [0.1, 0.15) is 47.7 Å². The predicted octanol–water partition coefficient (Wildman–Crippen LogP) is 5.49. The van der Waals surface area contributed by atoms with Crippen molar-refractivity contribution in [2.24, 2.45) is 5.92 Å². The second-order valence-corrected chi connectivity index (χ2v) is 9.80. The molecule has 0 bridgehead atoms. The van der Waals surface area contributed by atoms with Crippen molar-refractivity contribution in [2.75, 3.05) is 12.3 Å². The summed E-state index contributed by atoms with van der Waals surface area (Å²) in [6.45, 7) is 0.654. The third-order valence-electron chi connectivity index (χ3n) is 5.67. The lowest BCUT2D eigenvalue weighted by molar-refractivity contribution is -0.126. The maximum atomic E-state index is 12.9. The van der Waals surface area contributed by atoms with Gasteiger partial charge in [-0.2, -0.15) is 17.0 Å². The van der Waals surface area contributed by atoms with E-state index < -0.39 is 0 Å². The highest BCUT2D eigenvalue weighted by Gasteiger charge is 2.33. The Balaban J connectivity index is 1.31. The van der Waals surface area contributed by atoms with E-state index in [1.165, 1.54) is 11.1 Å². The fourth-order valence-corrected chi connectivity index (χ4v) is 6.13. The zero-order valence-electron chi connectivity index (χ0n) is 16.8. The highest BCUT2D eigenvalue weighted by molar-refractivity contribution is 7.98. The number of carbonyl (C=O) groups is 1. The van der Waals surface area contributed by atoms with Crippen LogP contribution in [0.15, 0.2) is 48.5 Å². The number of nitrogens with one attached hydrogen (secondary N) is 1. The highest BCUT2D eigenvalue weighted by Crippen LogP contribution is 2.40. The molecule has 0 unspecified atom stereocenters. The molecule has 1 fully saturated rings. The summed E-state index contributed by atoms with van der Waals surface area (Å²) < 4.78 is 1.20. The Morgan fingerprint density at radius 2 is 1.97 bits per heavy atom. The molecule has 6 heteroatoms. The van der Waals surface area contributed by atoms with Gasteiger partial charge < -0.3 is 5.32 Å². The van der Waals surface area contributed by atoms with Gasteiger partial charge >= 0.3 is 0 Å². The van der Waals surface area contributed by atoms with Crippen molar-refractivity contribution < 1.29 is 4.79 Å². The van der Waals surface area contributed by atoms with Crippen LogP contribution in [0, 0.1) is 17.2 Å². The normalized spacial score (nSPS) is 18.8. The zero-order chi connectivity index (χ0) is 20.8. The molecule has 154 valence electrons. The second-order valence-electron chi connectivity index (χ2n) is 7.63. The lowest BCUT2D eigenvalue weighted by Gasteiger charge is -2.29. The summed E-state index contributed by atoms with van der Waals surface area (Å²) in [7, 11) is 0. The first-order chi connectivity index (χ1) is 14.8. The number of nitrogens with zero attached hydrogens (tertiary/aromatic N) is 2. The van der Waals surface area contributed by atoms with Crippen molar-refractivity contribution in [3.63, 3.8) is 0 Å². The quantitative estimate of drug-likeness (QED) is 0.498. The Labute approximate surface area is 185 Å². The van der Waals surface area contributed by atoms with E-state index in [1.807, 2.05) is 36.4 Å². The number of carbonyl (C=O) groups excluding carboxylic acids is 1. The van der Waals surface area contributed by atoms with Crippen molar-refractivity contribution >= 4 is 39.2 Å². The van der Waals surface area contributed by atoms with Gasteiger partial charge in [0.25, 0.3) is 0 Å². The first-order valence-electron chi connectivity index (χ1n) is 10.4. The molecule has 1 aliphatic rings. The van der Waals surface area contributed by atoms with Crippen LogP contribution in [-0.4, -0.2) is 23.2 Å². The van der Waals surface area contributed by atoms with E-state index in [9.17, 15) is 10.1 Å². The maximum absolute atomic E-state index is 12.9. The van der Waals surface area contributed by atoms with Gasteiger partial charge in [0.1, 0.15) is 0 Å². The Morgan fingerprint density at radius 1 is 1.17 bits per heavy atom. The molecule has 1 heterocycles. The lowest BCUT2D eigenvalue weighted by Crippen LogP contribution is -2.37. The summed E-state index contributed by atoms with van der Waals surface area (Å²) in [5.41, 5.74) is 2.82. The Hall–Kier alpha value is -2.36. The number of thioether (sulfide) groups is 1. The van der Waals surface area contributed by atoms with Crippen molar-refractivity contribution in [1.82, 2.24) is 10.3 Å². The fraction of sp³-hybridized carbons (Fsp3) is 0.375. The third kappa shape index (κ3) is 4.85. The largest absolute Gasteiger partial charge is 0.355 e. The van der Waals surface area contributed by atoms with Crippen LogP contribution in [0.25, 0.3) is 10.2 Å². The first kappa shape index (κ1) is 20.9. The molecule has 2 aromatic carbocycles. The minimum Gasteiger partial charge on any atom is -0.355 e. The van der Waals surface area contributed by atoms with Crippen LogP contribution < -0.4 is 5.32 Å². The van der Waals surface area contributed by atoms with Crippen LogP contribution in [0.2, 0.25) is 0 Å². The number of fused-ring (bicyclic) bond motifs is 1. The average molecular weight is 436 g/mol. The number of hydrogen-bond acceptors (Lipinski definition) is 5. The molecule has 4 rings (SSSR count). The van der Waals surface area contributed by atoms with Crippen LogP contribution in [0.3, 0.4) is 0 Å². The molecule has 0 aliphatic heterocycles. The van der Waals surface area contributed by atoms with Crippen molar-refractivity contribution in [3.8, 4) is 6.07 Å². The number of benzene rings is 2. The molecular formula is C24H25N3OS2. The fourth-order valence-electron chi connectivity index (χ4n) is 4.10. The van der Waals surface area contributed by atoms with Gasteiger partial charge in [-0.1, -0.05) is 43.2 Å². The molecule has 1 aliphatic carbocycles. The molecular weight excluding hydrogens is 410 g/mol.